The van der Waals surface area contributed by atoms with E-state index in [-0.39, 0.29) is 26.3 Å². The van der Waals surface area contributed by atoms with E-state index in [0.29, 0.717) is 21.3 Å². The number of hydroxylamine groups is 4. The van der Waals surface area contributed by atoms with Crippen molar-refractivity contribution in [3.05, 3.63) is 23.3 Å². The normalized spacial score (nSPS) is 31.6. The van der Waals surface area contributed by atoms with Crippen LogP contribution in [0.2, 0.25) is 0 Å². The Morgan fingerprint density at radius 3 is 1.62 bits per heavy atom. The second kappa shape index (κ2) is 6.95. The van der Waals surface area contributed by atoms with Gasteiger partial charge in [0.2, 0.25) is 0 Å². The number of nitrogens with zero attached hydrogens (tertiary/aromatic N) is 4. The smallest absolute Gasteiger partial charge is 0.394 e. The molecule has 0 radical (unpaired) electrons. The first-order valence-corrected chi connectivity index (χ1v) is 10.4. The van der Waals surface area contributed by atoms with Crippen LogP contribution in [0.1, 0.15) is 13.8 Å². The average Bonchev–Trinajstić information content (AvgIpc) is 3.10. The Morgan fingerprint density at radius 2 is 1.28 bits per heavy atom. The Morgan fingerprint density at radius 1 is 0.897 bits per heavy atom. The van der Waals surface area contributed by atoms with Crippen molar-refractivity contribution < 1.29 is 36.8 Å². The number of hydrogen-bond donors (Lipinski definition) is 2. The topological polar surface area (TPSA) is 140 Å². The molecule has 0 aromatic rings. The molecule has 4 rings (SSSR count). The second-order valence-electron chi connectivity index (χ2n) is 7.43. The number of rotatable bonds is 6. The number of carbonyl (C=O) groups is 2. The Kier molecular flexibility index (Phi) is 4.82. The summed E-state index contributed by atoms with van der Waals surface area (Å²) in [6.45, 7) is 3.14. The summed E-state index contributed by atoms with van der Waals surface area (Å²) in [5.41, 5.74) is 1.34. The van der Waals surface area contributed by atoms with Crippen LogP contribution in [0.3, 0.4) is 0 Å². The SMILES string of the molecule is CC1=CC(CO)N2CC1N(OS(=O)(=O)ON1C(=O)N3CC1C(C)=CC3CO)C2=O. The molecule has 160 valence electrons. The minimum atomic E-state index is -4.81. The van der Waals surface area contributed by atoms with Crippen molar-refractivity contribution in [3.63, 3.8) is 0 Å². The molecule has 12 nitrogen and oxygen atoms in total. The second-order valence-corrected chi connectivity index (χ2v) is 8.55. The molecule has 0 saturated carbocycles. The molecule has 13 heteroatoms. The maximum absolute atomic E-state index is 12.5. The van der Waals surface area contributed by atoms with Crippen LogP contribution in [0, 0.1) is 0 Å². The van der Waals surface area contributed by atoms with Crippen LogP contribution in [0.5, 0.6) is 0 Å². The molecule has 0 spiro atoms. The van der Waals surface area contributed by atoms with Crippen LogP contribution in [0.25, 0.3) is 0 Å². The Hall–Kier alpha value is -2.19. The molecule has 4 bridgehead atoms. The molecule has 4 atom stereocenters. The van der Waals surface area contributed by atoms with Gasteiger partial charge < -0.3 is 20.0 Å². The lowest BCUT2D eigenvalue weighted by molar-refractivity contribution is -0.0748. The van der Waals surface area contributed by atoms with E-state index < -0.39 is 46.6 Å². The third-order valence-electron chi connectivity index (χ3n) is 5.65. The molecule has 0 aliphatic carbocycles. The summed E-state index contributed by atoms with van der Waals surface area (Å²) in [5, 5.41) is 20.2. The number of urea groups is 2. The van der Waals surface area contributed by atoms with Gasteiger partial charge in [-0.25, -0.2) is 9.59 Å². The van der Waals surface area contributed by atoms with E-state index in [1.165, 1.54) is 9.80 Å². The standard InChI is InChI=1S/C16H22N4O8S/c1-9-3-11(7-21)17-5-13(9)19(15(17)23)27-29(25,26)28-20-14-6-18(16(20)24)12(8-22)4-10(14)2/h3-4,11-14,21-22H,5-8H2,1-2H3. The maximum atomic E-state index is 12.5. The number of amides is 4. The molecule has 2 fully saturated rings. The van der Waals surface area contributed by atoms with Gasteiger partial charge in [0.05, 0.1) is 38.4 Å². The zero-order chi connectivity index (χ0) is 21.1. The fraction of sp³-hybridized carbons (Fsp3) is 0.625. The van der Waals surface area contributed by atoms with Crippen LogP contribution in [0.15, 0.2) is 23.3 Å². The Balaban J connectivity index is 1.51. The van der Waals surface area contributed by atoms with Gasteiger partial charge in [-0.15, -0.1) is 8.57 Å². The van der Waals surface area contributed by atoms with Gasteiger partial charge in [0, 0.05) is 0 Å². The van der Waals surface area contributed by atoms with E-state index in [9.17, 15) is 28.2 Å². The zero-order valence-corrected chi connectivity index (χ0v) is 16.7. The summed E-state index contributed by atoms with van der Waals surface area (Å²) < 4.78 is 34.9. The first kappa shape index (κ1) is 20.1. The van der Waals surface area contributed by atoms with Crippen molar-refractivity contribution in [1.29, 1.82) is 0 Å². The third-order valence-corrected chi connectivity index (χ3v) is 6.34. The van der Waals surface area contributed by atoms with Crippen LogP contribution < -0.4 is 0 Å². The van der Waals surface area contributed by atoms with Crippen LogP contribution >= 0.6 is 0 Å². The number of hydrogen-bond acceptors (Lipinski definition) is 8. The summed E-state index contributed by atoms with van der Waals surface area (Å²) >= 11 is 0. The Bertz CT molecular complexity index is 837. The van der Waals surface area contributed by atoms with E-state index in [4.69, 9.17) is 8.57 Å². The van der Waals surface area contributed by atoms with Crippen molar-refractivity contribution in [1.82, 2.24) is 19.9 Å². The lowest BCUT2D eigenvalue weighted by Gasteiger charge is -2.27. The Labute approximate surface area is 167 Å². The molecular weight excluding hydrogens is 408 g/mol. The highest BCUT2D eigenvalue weighted by molar-refractivity contribution is 7.81. The maximum Gasteiger partial charge on any atom is 0.442 e. The van der Waals surface area contributed by atoms with E-state index in [1.54, 1.807) is 26.0 Å². The first-order chi connectivity index (χ1) is 13.7. The molecule has 2 N–H and O–H groups in total. The van der Waals surface area contributed by atoms with Crippen molar-refractivity contribution in [3.8, 4) is 0 Å². The lowest BCUT2D eigenvalue weighted by Crippen LogP contribution is -2.42. The third kappa shape index (κ3) is 3.18. The number of aliphatic hydroxyl groups excluding tert-OH is 2. The van der Waals surface area contributed by atoms with Gasteiger partial charge in [-0.1, -0.05) is 12.2 Å². The predicted molar refractivity (Wildman–Crippen MR) is 95.8 cm³/mol. The lowest BCUT2D eigenvalue weighted by atomic mass is 10.0. The summed E-state index contributed by atoms with van der Waals surface area (Å²) in [6.07, 6.45) is 3.35. The highest BCUT2D eigenvalue weighted by Crippen LogP contribution is 2.33. The molecule has 4 aliphatic rings. The van der Waals surface area contributed by atoms with Crippen molar-refractivity contribution in [2.45, 2.75) is 38.0 Å². The summed E-state index contributed by atoms with van der Waals surface area (Å²) in [6, 6.07) is -3.87. The van der Waals surface area contributed by atoms with E-state index in [2.05, 4.69) is 0 Å². The van der Waals surface area contributed by atoms with Crippen molar-refractivity contribution >= 4 is 22.5 Å². The molecule has 29 heavy (non-hydrogen) atoms. The fourth-order valence-corrected chi connectivity index (χ4v) is 4.85. The van der Waals surface area contributed by atoms with Crippen molar-refractivity contribution in [2.75, 3.05) is 26.3 Å². The minimum Gasteiger partial charge on any atom is -0.394 e. The van der Waals surface area contributed by atoms with Gasteiger partial charge in [-0.2, -0.15) is 18.5 Å². The van der Waals surface area contributed by atoms with Crippen molar-refractivity contribution in [2.24, 2.45) is 0 Å². The minimum absolute atomic E-state index is 0.168. The molecular formula is C16H22N4O8S. The summed E-state index contributed by atoms with van der Waals surface area (Å²) in [7, 11) is -4.81. The highest BCUT2D eigenvalue weighted by atomic mass is 32.3. The van der Waals surface area contributed by atoms with E-state index in [0.717, 1.165) is 0 Å². The zero-order valence-electron chi connectivity index (χ0n) is 15.8. The highest BCUT2D eigenvalue weighted by Gasteiger charge is 2.50. The molecule has 4 heterocycles. The van der Waals surface area contributed by atoms with E-state index in [1.807, 2.05) is 0 Å². The van der Waals surface area contributed by atoms with Gasteiger partial charge in [0.25, 0.3) is 0 Å². The van der Waals surface area contributed by atoms with Gasteiger partial charge in [0.1, 0.15) is 12.1 Å². The number of aliphatic hydroxyl groups is 2. The van der Waals surface area contributed by atoms with Gasteiger partial charge >= 0.3 is 22.5 Å². The molecule has 0 aromatic heterocycles. The molecule has 4 aliphatic heterocycles. The molecule has 4 unspecified atom stereocenters. The van der Waals surface area contributed by atoms with Gasteiger partial charge in [0.15, 0.2) is 0 Å². The molecule has 4 amide bonds. The van der Waals surface area contributed by atoms with Gasteiger partial charge in [-0.3, -0.25) is 0 Å². The van der Waals surface area contributed by atoms with E-state index >= 15 is 0 Å². The van der Waals surface area contributed by atoms with Gasteiger partial charge in [-0.05, 0) is 25.0 Å². The quantitative estimate of drug-likeness (QED) is 0.509. The fourth-order valence-electron chi connectivity index (χ4n) is 4.10. The molecule has 2 saturated heterocycles. The average molecular weight is 430 g/mol. The van der Waals surface area contributed by atoms with Crippen LogP contribution in [-0.2, 0) is 19.0 Å². The largest absolute Gasteiger partial charge is 0.442 e. The first-order valence-electron chi connectivity index (χ1n) is 9.09. The molecule has 0 aromatic carbocycles. The summed E-state index contributed by atoms with van der Waals surface area (Å²) in [5.74, 6) is 0. The number of fused-ring (bicyclic) bond motifs is 4. The predicted octanol–water partition coefficient (Wildman–Crippen LogP) is -1.05. The van der Waals surface area contributed by atoms with Crippen LogP contribution in [-0.4, -0.2) is 101 Å². The monoisotopic (exact) mass is 430 g/mol. The van der Waals surface area contributed by atoms with Crippen LogP contribution in [0.4, 0.5) is 9.59 Å². The number of carbonyl (C=O) groups excluding carboxylic acids is 2. The summed E-state index contributed by atoms with van der Waals surface area (Å²) in [4.78, 5) is 27.7.